The number of benzene rings is 1. The van der Waals surface area contributed by atoms with Crippen molar-refractivity contribution >= 4 is 17.6 Å². The molecular weight excluding hydrogens is 280 g/mol. The molecule has 0 unspecified atom stereocenters. The molecule has 6 heteroatoms. The van der Waals surface area contributed by atoms with Crippen LogP contribution in [0.5, 0.6) is 5.75 Å². The van der Waals surface area contributed by atoms with Crippen molar-refractivity contribution < 1.29 is 14.6 Å². The number of carboxylic acids is 1. The van der Waals surface area contributed by atoms with Gasteiger partial charge in [-0.1, -0.05) is 11.6 Å². The summed E-state index contributed by atoms with van der Waals surface area (Å²) in [6.45, 7) is 3.80. The zero-order chi connectivity index (χ0) is 15.0. The number of hydrogen-bond donors (Lipinski definition) is 1. The Morgan fingerprint density at radius 2 is 2.05 bits per heavy atom. The van der Waals surface area contributed by atoms with Crippen molar-refractivity contribution in [1.29, 1.82) is 0 Å². The summed E-state index contributed by atoms with van der Waals surface area (Å²) >= 11 is 6.27. The first-order valence-electron chi connectivity index (χ1n) is 5.98. The first kappa shape index (κ1) is 14.4. The molecule has 1 heterocycles. The van der Waals surface area contributed by atoms with E-state index in [1.165, 1.54) is 0 Å². The summed E-state index contributed by atoms with van der Waals surface area (Å²) in [5.41, 5.74) is 3.38. The summed E-state index contributed by atoms with van der Waals surface area (Å²) < 4.78 is 6.77. The molecular formula is C14H15ClN2O3. The molecule has 0 atom stereocenters. The Bertz CT molecular complexity index is 692. The van der Waals surface area contributed by atoms with Crippen LogP contribution in [0.15, 0.2) is 12.1 Å². The van der Waals surface area contributed by atoms with Crippen molar-refractivity contribution in [3.8, 4) is 17.0 Å². The number of aromatic nitrogens is 2. The van der Waals surface area contributed by atoms with Gasteiger partial charge in [-0.15, -0.1) is 0 Å². The van der Waals surface area contributed by atoms with Gasteiger partial charge < -0.3 is 9.84 Å². The molecule has 0 bridgehead atoms. The van der Waals surface area contributed by atoms with Crippen LogP contribution in [-0.2, 0) is 7.05 Å². The number of hydrogen-bond acceptors (Lipinski definition) is 3. The maximum absolute atomic E-state index is 11.0. The lowest BCUT2D eigenvalue weighted by Gasteiger charge is -2.14. The van der Waals surface area contributed by atoms with Gasteiger partial charge in [-0.25, -0.2) is 4.79 Å². The maximum Gasteiger partial charge on any atom is 0.356 e. The normalized spacial score (nSPS) is 10.7. The summed E-state index contributed by atoms with van der Waals surface area (Å²) in [7, 11) is 3.27. The van der Waals surface area contributed by atoms with Gasteiger partial charge in [-0.05, 0) is 37.1 Å². The monoisotopic (exact) mass is 294 g/mol. The van der Waals surface area contributed by atoms with Crippen LogP contribution in [0, 0.1) is 13.8 Å². The van der Waals surface area contributed by atoms with E-state index in [2.05, 4.69) is 5.10 Å². The van der Waals surface area contributed by atoms with E-state index in [9.17, 15) is 4.79 Å². The smallest absolute Gasteiger partial charge is 0.356 e. The van der Waals surface area contributed by atoms with Crippen molar-refractivity contribution in [2.45, 2.75) is 13.8 Å². The number of rotatable bonds is 3. The maximum atomic E-state index is 11.0. The lowest BCUT2D eigenvalue weighted by molar-refractivity contribution is 0.0689. The number of aromatic carboxylic acids is 1. The van der Waals surface area contributed by atoms with Gasteiger partial charge in [0.1, 0.15) is 5.75 Å². The van der Waals surface area contributed by atoms with Gasteiger partial charge in [0.05, 0.1) is 17.8 Å². The molecule has 1 N–H and O–H groups in total. The second-order valence-electron chi connectivity index (χ2n) is 4.55. The SMILES string of the molecule is COc1cc(C)c(-c2cc(C(=O)O)nn2C)c(C)c1Cl. The standard InChI is InChI=1S/C14H15ClN2O3/c1-7-5-11(20-4)13(15)8(2)12(7)10-6-9(14(18)19)16-17(10)3/h5-6H,1-4H3,(H,18,19). The van der Waals surface area contributed by atoms with Gasteiger partial charge in [0, 0.05) is 12.6 Å². The molecule has 0 amide bonds. The minimum atomic E-state index is -1.05. The predicted octanol–water partition coefficient (Wildman–Crippen LogP) is 3.06. The minimum absolute atomic E-state index is 0.00763. The third-order valence-electron chi connectivity index (χ3n) is 3.24. The van der Waals surface area contributed by atoms with E-state index < -0.39 is 5.97 Å². The number of aryl methyl sites for hydroxylation is 2. The molecule has 1 aromatic carbocycles. The Morgan fingerprint density at radius 3 is 2.55 bits per heavy atom. The molecule has 0 radical (unpaired) electrons. The van der Waals surface area contributed by atoms with E-state index in [1.54, 1.807) is 24.9 Å². The van der Waals surface area contributed by atoms with Gasteiger partial charge >= 0.3 is 5.97 Å². The summed E-state index contributed by atoms with van der Waals surface area (Å²) in [4.78, 5) is 11.0. The molecule has 20 heavy (non-hydrogen) atoms. The summed E-state index contributed by atoms with van der Waals surface area (Å²) in [5.74, 6) is -0.451. The van der Waals surface area contributed by atoms with Gasteiger partial charge in [-0.3, -0.25) is 4.68 Å². The third kappa shape index (κ3) is 2.25. The summed E-state index contributed by atoms with van der Waals surface area (Å²) in [6, 6.07) is 3.37. The van der Waals surface area contributed by atoms with Crippen LogP contribution in [0.25, 0.3) is 11.3 Å². The van der Waals surface area contributed by atoms with Crippen LogP contribution in [0.1, 0.15) is 21.6 Å². The van der Waals surface area contributed by atoms with E-state index in [-0.39, 0.29) is 5.69 Å². The molecule has 106 valence electrons. The fraction of sp³-hybridized carbons (Fsp3) is 0.286. The highest BCUT2D eigenvalue weighted by atomic mass is 35.5. The highest BCUT2D eigenvalue weighted by molar-refractivity contribution is 6.33. The molecule has 0 aliphatic carbocycles. The van der Waals surface area contributed by atoms with E-state index in [1.807, 2.05) is 19.9 Å². The van der Waals surface area contributed by atoms with E-state index in [4.69, 9.17) is 21.4 Å². The van der Waals surface area contributed by atoms with Gasteiger partial charge in [0.25, 0.3) is 0 Å². The van der Waals surface area contributed by atoms with E-state index >= 15 is 0 Å². The van der Waals surface area contributed by atoms with Gasteiger partial charge in [-0.2, -0.15) is 5.10 Å². The molecule has 1 aromatic heterocycles. The number of ether oxygens (including phenoxy) is 1. The zero-order valence-corrected chi connectivity index (χ0v) is 12.4. The average Bonchev–Trinajstić information content (AvgIpc) is 2.76. The number of halogens is 1. The Balaban J connectivity index is 2.70. The van der Waals surface area contributed by atoms with E-state index in [0.717, 1.165) is 16.7 Å². The number of carbonyl (C=O) groups is 1. The van der Waals surface area contributed by atoms with Gasteiger partial charge in [0.2, 0.25) is 0 Å². The van der Waals surface area contributed by atoms with Crippen LogP contribution < -0.4 is 4.74 Å². The first-order valence-corrected chi connectivity index (χ1v) is 6.36. The Labute approximate surface area is 121 Å². The fourth-order valence-corrected chi connectivity index (χ4v) is 2.50. The largest absolute Gasteiger partial charge is 0.495 e. The molecule has 2 rings (SSSR count). The molecule has 0 saturated heterocycles. The van der Waals surface area contributed by atoms with Gasteiger partial charge in [0.15, 0.2) is 5.69 Å². The molecule has 0 aliphatic heterocycles. The van der Waals surface area contributed by atoms with Crippen LogP contribution in [-0.4, -0.2) is 28.0 Å². The van der Waals surface area contributed by atoms with E-state index in [0.29, 0.717) is 16.5 Å². The second-order valence-corrected chi connectivity index (χ2v) is 4.93. The highest BCUT2D eigenvalue weighted by Gasteiger charge is 2.19. The zero-order valence-electron chi connectivity index (χ0n) is 11.7. The number of carboxylic acid groups (broad SMARTS) is 1. The van der Waals surface area contributed by atoms with Crippen molar-refractivity contribution in [3.63, 3.8) is 0 Å². The van der Waals surface area contributed by atoms with Crippen molar-refractivity contribution in [3.05, 3.63) is 34.0 Å². The number of nitrogens with zero attached hydrogens (tertiary/aromatic N) is 2. The van der Waals surface area contributed by atoms with Crippen molar-refractivity contribution in [2.75, 3.05) is 7.11 Å². The molecule has 0 spiro atoms. The molecule has 0 aliphatic rings. The second kappa shape index (κ2) is 5.17. The Hall–Kier alpha value is -2.01. The fourth-order valence-electron chi connectivity index (χ4n) is 2.27. The lowest BCUT2D eigenvalue weighted by atomic mass is 9.99. The minimum Gasteiger partial charge on any atom is -0.495 e. The highest BCUT2D eigenvalue weighted by Crippen LogP contribution is 2.38. The quantitative estimate of drug-likeness (QED) is 0.945. The third-order valence-corrected chi connectivity index (χ3v) is 3.71. The van der Waals surface area contributed by atoms with Crippen LogP contribution in [0.4, 0.5) is 0 Å². The topological polar surface area (TPSA) is 64.3 Å². The molecule has 2 aromatic rings. The van der Waals surface area contributed by atoms with Crippen LogP contribution >= 0.6 is 11.6 Å². The van der Waals surface area contributed by atoms with Crippen molar-refractivity contribution in [2.24, 2.45) is 7.05 Å². The summed E-state index contributed by atoms with van der Waals surface area (Å²) in [5, 5.41) is 13.5. The summed E-state index contributed by atoms with van der Waals surface area (Å²) in [6.07, 6.45) is 0. The molecule has 0 fully saturated rings. The Morgan fingerprint density at radius 1 is 1.40 bits per heavy atom. The average molecular weight is 295 g/mol. The molecule has 0 saturated carbocycles. The van der Waals surface area contributed by atoms with Crippen LogP contribution in [0.3, 0.4) is 0 Å². The van der Waals surface area contributed by atoms with Crippen molar-refractivity contribution in [1.82, 2.24) is 9.78 Å². The Kier molecular flexibility index (Phi) is 3.72. The first-order chi connectivity index (χ1) is 9.36. The predicted molar refractivity (Wildman–Crippen MR) is 76.6 cm³/mol. The lowest BCUT2D eigenvalue weighted by Crippen LogP contribution is -2.00. The number of methoxy groups -OCH3 is 1. The molecule has 5 nitrogen and oxygen atoms in total. The van der Waals surface area contributed by atoms with Crippen LogP contribution in [0.2, 0.25) is 5.02 Å².